The predicted molar refractivity (Wildman–Crippen MR) is 145 cm³/mol. The SMILES string of the molecule is O=C1NC(=Nc2ccc(I)cc2)S/C1=C/c1ccc(OCc2cccc3ccccc23)cc1. The Hall–Kier alpha value is -3.10. The second kappa shape index (κ2) is 9.80. The molecule has 1 N–H and O–H groups in total. The van der Waals surface area contributed by atoms with Crippen molar-refractivity contribution in [2.75, 3.05) is 0 Å². The molecule has 4 nitrogen and oxygen atoms in total. The van der Waals surface area contributed by atoms with E-state index in [0.29, 0.717) is 16.7 Å². The Morgan fingerprint density at radius 3 is 2.48 bits per heavy atom. The fourth-order valence-corrected chi connectivity index (χ4v) is 4.71. The zero-order valence-corrected chi connectivity index (χ0v) is 20.5. The van der Waals surface area contributed by atoms with E-state index >= 15 is 0 Å². The van der Waals surface area contributed by atoms with Gasteiger partial charge in [0.15, 0.2) is 5.17 Å². The fourth-order valence-electron chi connectivity index (χ4n) is 3.50. The maximum Gasteiger partial charge on any atom is 0.264 e. The Morgan fingerprint density at radius 1 is 0.909 bits per heavy atom. The lowest BCUT2D eigenvalue weighted by molar-refractivity contribution is -0.115. The summed E-state index contributed by atoms with van der Waals surface area (Å²) in [5.74, 6) is 0.648. The summed E-state index contributed by atoms with van der Waals surface area (Å²) in [4.78, 5) is 17.5. The minimum Gasteiger partial charge on any atom is -0.489 e. The molecule has 0 aliphatic carbocycles. The molecule has 1 amide bonds. The van der Waals surface area contributed by atoms with Gasteiger partial charge in [0.05, 0.1) is 10.6 Å². The van der Waals surface area contributed by atoms with Crippen molar-refractivity contribution in [2.24, 2.45) is 4.99 Å². The van der Waals surface area contributed by atoms with Crippen LogP contribution in [0.25, 0.3) is 16.8 Å². The summed E-state index contributed by atoms with van der Waals surface area (Å²) in [5.41, 5.74) is 2.89. The van der Waals surface area contributed by atoms with Crippen molar-refractivity contribution in [3.63, 3.8) is 0 Å². The number of halogens is 1. The molecular weight excluding hydrogens is 543 g/mol. The number of nitrogens with one attached hydrogen (secondary N) is 1. The highest BCUT2D eigenvalue weighted by Gasteiger charge is 2.23. The number of hydrogen-bond acceptors (Lipinski definition) is 4. The summed E-state index contributed by atoms with van der Waals surface area (Å²) in [5, 5.41) is 5.83. The van der Waals surface area contributed by atoms with E-state index in [4.69, 9.17) is 4.74 Å². The molecule has 1 fully saturated rings. The predicted octanol–water partition coefficient (Wildman–Crippen LogP) is 6.92. The molecule has 4 aromatic carbocycles. The van der Waals surface area contributed by atoms with Crippen LogP contribution < -0.4 is 10.1 Å². The van der Waals surface area contributed by atoms with Gasteiger partial charge in [-0.1, -0.05) is 54.6 Å². The second-order valence-corrected chi connectivity index (χ2v) is 9.73. The van der Waals surface area contributed by atoms with Gasteiger partial charge in [-0.25, -0.2) is 4.99 Å². The average Bonchev–Trinajstić information content (AvgIpc) is 3.18. The summed E-state index contributed by atoms with van der Waals surface area (Å²) in [6.07, 6.45) is 1.87. The van der Waals surface area contributed by atoms with Crippen LogP contribution >= 0.6 is 34.4 Å². The molecule has 1 saturated heterocycles. The van der Waals surface area contributed by atoms with Gasteiger partial charge < -0.3 is 10.1 Å². The van der Waals surface area contributed by atoms with Gasteiger partial charge in [-0.2, -0.15) is 0 Å². The van der Waals surface area contributed by atoms with Crippen molar-refractivity contribution >= 4 is 68.0 Å². The first kappa shape index (κ1) is 21.7. The van der Waals surface area contributed by atoms with Crippen molar-refractivity contribution in [2.45, 2.75) is 6.61 Å². The molecule has 0 aromatic heterocycles. The lowest BCUT2D eigenvalue weighted by atomic mass is 10.1. The summed E-state index contributed by atoms with van der Waals surface area (Å²) < 4.78 is 7.16. The van der Waals surface area contributed by atoms with E-state index in [9.17, 15) is 4.79 Å². The topological polar surface area (TPSA) is 50.7 Å². The Bertz CT molecular complexity index is 1370. The zero-order chi connectivity index (χ0) is 22.6. The van der Waals surface area contributed by atoms with Gasteiger partial charge in [0.2, 0.25) is 0 Å². The van der Waals surface area contributed by atoms with Crippen molar-refractivity contribution in [1.29, 1.82) is 0 Å². The molecule has 1 aliphatic rings. The fraction of sp³-hybridized carbons (Fsp3) is 0.0370. The molecule has 162 valence electrons. The number of thioether (sulfide) groups is 1. The lowest BCUT2D eigenvalue weighted by Gasteiger charge is -2.09. The van der Waals surface area contributed by atoms with E-state index in [1.165, 1.54) is 22.5 Å². The van der Waals surface area contributed by atoms with Gasteiger partial charge in [-0.3, -0.25) is 4.79 Å². The van der Waals surface area contributed by atoms with Crippen LogP contribution in [0.3, 0.4) is 0 Å². The van der Waals surface area contributed by atoms with Gasteiger partial charge in [-0.05, 0) is 98.7 Å². The molecule has 0 atom stereocenters. The van der Waals surface area contributed by atoms with E-state index in [0.717, 1.165) is 26.1 Å². The summed E-state index contributed by atoms with van der Waals surface area (Å²) in [6, 6.07) is 30.1. The first-order chi connectivity index (χ1) is 16.1. The van der Waals surface area contributed by atoms with E-state index in [1.54, 1.807) is 0 Å². The highest BCUT2D eigenvalue weighted by molar-refractivity contribution is 14.1. The smallest absolute Gasteiger partial charge is 0.264 e. The van der Waals surface area contributed by atoms with Crippen LogP contribution in [0.15, 0.2) is 101 Å². The summed E-state index contributed by atoms with van der Waals surface area (Å²) >= 11 is 3.59. The van der Waals surface area contributed by atoms with Crippen LogP contribution in [-0.2, 0) is 11.4 Å². The molecule has 0 saturated carbocycles. The highest BCUT2D eigenvalue weighted by Crippen LogP contribution is 2.29. The molecule has 5 rings (SSSR count). The number of ether oxygens (including phenoxy) is 1. The molecular formula is C27H19IN2O2S. The number of nitrogens with zero attached hydrogens (tertiary/aromatic N) is 1. The van der Waals surface area contributed by atoms with Crippen molar-refractivity contribution in [3.8, 4) is 5.75 Å². The van der Waals surface area contributed by atoms with Crippen molar-refractivity contribution < 1.29 is 9.53 Å². The van der Waals surface area contributed by atoms with Crippen molar-refractivity contribution in [1.82, 2.24) is 5.32 Å². The van der Waals surface area contributed by atoms with Gasteiger partial charge in [-0.15, -0.1) is 0 Å². The normalized spacial score (nSPS) is 15.8. The largest absolute Gasteiger partial charge is 0.489 e. The number of rotatable bonds is 5. The Morgan fingerprint density at radius 2 is 1.67 bits per heavy atom. The third-order valence-electron chi connectivity index (χ3n) is 5.16. The van der Waals surface area contributed by atoms with Crippen LogP contribution in [0.4, 0.5) is 5.69 Å². The summed E-state index contributed by atoms with van der Waals surface area (Å²) in [7, 11) is 0. The van der Waals surface area contributed by atoms with Crippen molar-refractivity contribution in [3.05, 3.63) is 111 Å². The first-order valence-electron chi connectivity index (χ1n) is 10.4. The lowest BCUT2D eigenvalue weighted by Crippen LogP contribution is -2.19. The molecule has 4 aromatic rings. The first-order valence-corrected chi connectivity index (χ1v) is 12.3. The molecule has 0 radical (unpaired) electrons. The number of aliphatic imine (C=N–C) groups is 1. The third kappa shape index (κ3) is 5.29. The van der Waals surface area contributed by atoms with Crippen LogP contribution in [0.5, 0.6) is 5.75 Å². The highest BCUT2D eigenvalue weighted by atomic mass is 127. The maximum atomic E-state index is 12.4. The molecule has 0 spiro atoms. The van der Waals surface area contributed by atoms with Crippen LogP contribution in [0.2, 0.25) is 0 Å². The van der Waals surface area contributed by atoms with E-state index in [-0.39, 0.29) is 5.91 Å². The second-order valence-electron chi connectivity index (χ2n) is 7.45. The monoisotopic (exact) mass is 562 g/mol. The van der Waals surface area contributed by atoms with Gasteiger partial charge >= 0.3 is 0 Å². The van der Waals surface area contributed by atoms with Crippen LogP contribution in [0.1, 0.15) is 11.1 Å². The average molecular weight is 562 g/mol. The number of hydrogen-bond donors (Lipinski definition) is 1. The minimum absolute atomic E-state index is 0.138. The van der Waals surface area contributed by atoms with Gasteiger partial charge in [0.25, 0.3) is 5.91 Å². The Kier molecular flexibility index (Phi) is 6.46. The number of benzene rings is 4. The number of amides is 1. The zero-order valence-electron chi connectivity index (χ0n) is 17.5. The minimum atomic E-state index is -0.138. The number of fused-ring (bicyclic) bond motifs is 1. The molecule has 0 bridgehead atoms. The van der Waals surface area contributed by atoms with Crippen LogP contribution in [0, 0.1) is 3.57 Å². The number of amidine groups is 1. The maximum absolute atomic E-state index is 12.4. The molecule has 0 unspecified atom stereocenters. The summed E-state index contributed by atoms with van der Waals surface area (Å²) in [6.45, 7) is 0.498. The Balaban J connectivity index is 1.25. The van der Waals surface area contributed by atoms with Gasteiger partial charge in [0, 0.05) is 3.57 Å². The molecule has 6 heteroatoms. The van der Waals surface area contributed by atoms with E-state index in [1.807, 2.05) is 66.7 Å². The van der Waals surface area contributed by atoms with E-state index < -0.39 is 0 Å². The van der Waals surface area contributed by atoms with Crippen LogP contribution in [-0.4, -0.2) is 11.1 Å². The quantitative estimate of drug-likeness (QED) is 0.212. The van der Waals surface area contributed by atoms with E-state index in [2.05, 4.69) is 63.2 Å². The molecule has 1 aliphatic heterocycles. The molecule has 1 heterocycles. The number of carbonyl (C=O) groups is 1. The molecule has 33 heavy (non-hydrogen) atoms. The van der Waals surface area contributed by atoms with Gasteiger partial charge in [0.1, 0.15) is 12.4 Å². The Labute approximate surface area is 209 Å². The third-order valence-corrected chi connectivity index (χ3v) is 6.79. The number of carbonyl (C=O) groups excluding carboxylic acids is 1. The standard InChI is InChI=1S/C27H19IN2O2S/c28-21-10-12-22(13-11-21)29-27-30-26(31)25(33-27)16-18-8-14-23(15-9-18)32-17-20-6-3-5-19-4-1-2-7-24(19)20/h1-16H,17H2,(H,29,30,31)/b25-16+.